The highest BCUT2D eigenvalue weighted by molar-refractivity contribution is 6.05. The van der Waals surface area contributed by atoms with Gasteiger partial charge in [0.05, 0.1) is 11.9 Å². The van der Waals surface area contributed by atoms with Gasteiger partial charge >= 0.3 is 0 Å². The van der Waals surface area contributed by atoms with Gasteiger partial charge in [0.1, 0.15) is 0 Å². The predicted octanol–water partition coefficient (Wildman–Crippen LogP) is 3.41. The normalized spacial score (nSPS) is 10.6. The van der Waals surface area contributed by atoms with E-state index in [0.29, 0.717) is 22.5 Å². The van der Waals surface area contributed by atoms with Gasteiger partial charge in [-0.15, -0.1) is 0 Å². The number of aromatic nitrogens is 1. The fourth-order valence-corrected chi connectivity index (χ4v) is 2.40. The first-order valence-electron chi connectivity index (χ1n) is 8.34. The van der Waals surface area contributed by atoms with E-state index in [-0.39, 0.29) is 11.8 Å². The van der Waals surface area contributed by atoms with Gasteiger partial charge in [0, 0.05) is 23.0 Å². The van der Waals surface area contributed by atoms with Gasteiger partial charge in [-0.1, -0.05) is 29.8 Å². The lowest BCUT2D eigenvalue weighted by atomic mass is 10.1. The van der Waals surface area contributed by atoms with Crippen molar-refractivity contribution in [2.45, 2.75) is 6.92 Å². The Labute approximate surface area is 157 Å². The highest BCUT2D eigenvalue weighted by Crippen LogP contribution is 2.13. The minimum atomic E-state index is -0.381. The van der Waals surface area contributed by atoms with Gasteiger partial charge in [0.2, 0.25) is 0 Å². The summed E-state index contributed by atoms with van der Waals surface area (Å²) in [5.74, 6) is -0.613. The molecule has 1 aromatic heterocycles. The predicted molar refractivity (Wildman–Crippen MR) is 105 cm³/mol. The molecule has 6 heteroatoms. The first-order valence-corrected chi connectivity index (χ1v) is 8.34. The van der Waals surface area contributed by atoms with Crippen molar-refractivity contribution in [1.82, 2.24) is 10.4 Å². The number of hydrogen-bond donors (Lipinski definition) is 2. The van der Waals surface area contributed by atoms with E-state index in [1.165, 1.54) is 6.21 Å². The fourth-order valence-electron chi connectivity index (χ4n) is 2.40. The van der Waals surface area contributed by atoms with Crippen molar-refractivity contribution in [2.75, 3.05) is 5.32 Å². The highest BCUT2D eigenvalue weighted by Gasteiger charge is 2.09. The molecule has 1 heterocycles. The van der Waals surface area contributed by atoms with Gasteiger partial charge in [0.15, 0.2) is 0 Å². The van der Waals surface area contributed by atoms with E-state index in [9.17, 15) is 9.59 Å². The number of carbonyl (C=O) groups is 2. The van der Waals surface area contributed by atoms with E-state index in [1.54, 1.807) is 54.7 Å². The summed E-state index contributed by atoms with van der Waals surface area (Å²) < 4.78 is 0. The highest BCUT2D eigenvalue weighted by atomic mass is 16.2. The zero-order valence-corrected chi connectivity index (χ0v) is 14.7. The molecule has 0 aliphatic rings. The molecule has 3 aromatic rings. The Morgan fingerprint density at radius 3 is 2.44 bits per heavy atom. The van der Waals surface area contributed by atoms with Gasteiger partial charge in [-0.2, -0.15) is 5.10 Å². The Morgan fingerprint density at radius 2 is 1.70 bits per heavy atom. The second kappa shape index (κ2) is 8.53. The summed E-state index contributed by atoms with van der Waals surface area (Å²) >= 11 is 0. The standard InChI is InChI=1S/C21H18N4O2/c1-15-6-4-7-16(12-15)20(26)24-18-10-5-8-17(13-18)21(27)25-23-14-19-9-2-3-11-22-19/h2-14H,1H3,(H,24,26)(H,25,27)/b23-14+. The lowest BCUT2D eigenvalue weighted by Crippen LogP contribution is -2.18. The molecule has 0 unspecified atom stereocenters. The Bertz CT molecular complexity index is 984. The summed E-state index contributed by atoms with van der Waals surface area (Å²) in [4.78, 5) is 28.6. The number of pyridine rings is 1. The van der Waals surface area contributed by atoms with Crippen LogP contribution in [0.25, 0.3) is 0 Å². The third-order valence-corrected chi connectivity index (χ3v) is 3.71. The minimum absolute atomic E-state index is 0.232. The van der Waals surface area contributed by atoms with E-state index in [1.807, 2.05) is 25.1 Å². The fraction of sp³-hybridized carbons (Fsp3) is 0.0476. The Morgan fingerprint density at radius 1 is 0.926 bits per heavy atom. The third-order valence-electron chi connectivity index (χ3n) is 3.71. The van der Waals surface area contributed by atoms with Crippen LogP contribution in [0.4, 0.5) is 5.69 Å². The third kappa shape index (κ3) is 5.09. The number of nitrogens with one attached hydrogen (secondary N) is 2. The molecule has 2 N–H and O–H groups in total. The first kappa shape index (κ1) is 18.0. The molecule has 0 aliphatic heterocycles. The molecule has 0 spiro atoms. The summed E-state index contributed by atoms with van der Waals surface area (Å²) in [5, 5.41) is 6.69. The van der Waals surface area contributed by atoms with Crippen molar-refractivity contribution >= 4 is 23.7 Å². The van der Waals surface area contributed by atoms with Gasteiger partial charge in [-0.3, -0.25) is 14.6 Å². The molecule has 0 fully saturated rings. The monoisotopic (exact) mass is 358 g/mol. The zero-order chi connectivity index (χ0) is 19.1. The van der Waals surface area contributed by atoms with Crippen LogP contribution in [0.3, 0.4) is 0 Å². The first-order chi connectivity index (χ1) is 13.1. The molecule has 3 rings (SSSR count). The lowest BCUT2D eigenvalue weighted by Gasteiger charge is -2.07. The SMILES string of the molecule is Cc1cccc(C(=O)Nc2cccc(C(=O)N/N=C/c3ccccn3)c2)c1. The van der Waals surface area contributed by atoms with Gasteiger partial charge in [-0.25, -0.2) is 5.43 Å². The van der Waals surface area contributed by atoms with Crippen molar-refractivity contribution in [3.63, 3.8) is 0 Å². The summed E-state index contributed by atoms with van der Waals surface area (Å²) in [6, 6.07) is 19.4. The number of hydrazone groups is 1. The number of carbonyl (C=O) groups excluding carboxylic acids is 2. The van der Waals surface area contributed by atoms with Crippen molar-refractivity contribution < 1.29 is 9.59 Å². The van der Waals surface area contributed by atoms with Crippen LogP contribution in [-0.2, 0) is 0 Å². The van der Waals surface area contributed by atoms with Gasteiger partial charge in [-0.05, 0) is 49.4 Å². The molecule has 0 saturated carbocycles. The molecule has 6 nitrogen and oxygen atoms in total. The summed E-state index contributed by atoms with van der Waals surface area (Å²) in [5.41, 5.74) is 5.56. The number of hydrogen-bond acceptors (Lipinski definition) is 4. The van der Waals surface area contributed by atoms with E-state index < -0.39 is 0 Å². The molecule has 0 radical (unpaired) electrons. The van der Waals surface area contributed by atoms with Crippen molar-refractivity contribution in [1.29, 1.82) is 0 Å². The topological polar surface area (TPSA) is 83.5 Å². The van der Waals surface area contributed by atoms with Crippen LogP contribution in [0.1, 0.15) is 32.0 Å². The zero-order valence-electron chi connectivity index (χ0n) is 14.7. The average Bonchev–Trinajstić information content (AvgIpc) is 2.69. The van der Waals surface area contributed by atoms with Crippen LogP contribution in [0.2, 0.25) is 0 Å². The largest absolute Gasteiger partial charge is 0.322 e. The molecule has 0 aliphatic carbocycles. The molecule has 27 heavy (non-hydrogen) atoms. The maximum Gasteiger partial charge on any atom is 0.271 e. The van der Waals surface area contributed by atoms with Crippen LogP contribution in [0.15, 0.2) is 78.0 Å². The smallest absolute Gasteiger partial charge is 0.271 e. The van der Waals surface area contributed by atoms with E-state index in [0.717, 1.165) is 5.56 Å². The van der Waals surface area contributed by atoms with E-state index in [4.69, 9.17) is 0 Å². The summed E-state index contributed by atoms with van der Waals surface area (Å²) in [7, 11) is 0. The Kier molecular flexibility index (Phi) is 5.69. The molecule has 2 amide bonds. The Hall–Kier alpha value is -3.80. The quantitative estimate of drug-likeness (QED) is 0.541. The Balaban J connectivity index is 1.65. The van der Waals surface area contributed by atoms with Crippen molar-refractivity contribution in [2.24, 2.45) is 5.10 Å². The molecule has 2 aromatic carbocycles. The number of amides is 2. The lowest BCUT2D eigenvalue weighted by molar-refractivity contribution is 0.0953. The van der Waals surface area contributed by atoms with Gasteiger partial charge in [0.25, 0.3) is 11.8 Å². The number of anilines is 1. The van der Waals surface area contributed by atoms with Crippen LogP contribution in [0, 0.1) is 6.92 Å². The van der Waals surface area contributed by atoms with Crippen LogP contribution < -0.4 is 10.7 Å². The van der Waals surface area contributed by atoms with Crippen molar-refractivity contribution in [3.8, 4) is 0 Å². The molecular formula is C21H18N4O2. The minimum Gasteiger partial charge on any atom is -0.322 e. The van der Waals surface area contributed by atoms with Crippen LogP contribution >= 0.6 is 0 Å². The number of benzene rings is 2. The number of rotatable bonds is 5. The maximum atomic E-state index is 12.3. The number of nitrogens with zero attached hydrogens (tertiary/aromatic N) is 2. The maximum absolute atomic E-state index is 12.3. The second-order valence-electron chi connectivity index (χ2n) is 5.86. The van der Waals surface area contributed by atoms with Crippen LogP contribution in [-0.4, -0.2) is 23.0 Å². The number of aryl methyl sites for hydroxylation is 1. The van der Waals surface area contributed by atoms with E-state index in [2.05, 4.69) is 20.8 Å². The van der Waals surface area contributed by atoms with Crippen molar-refractivity contribution in [3.05, 3.63) is 95.3 Å². The van der Waals surface area contributed by atoms with Gasteiger partial charge < -0.3 is 5.32 Å². The molecule has 0 bridgehead atoms. The van der Waals surface area contributed by atoms with Crippen LogP contribution in [0.5, 0.6) is 0 Å². The summed E-state index contributed by atoms with van der Waals surface area (Å²) in [6.45, 7) is 1.92. The molecule has 134 valence electrons. The van der Waals surface area contributed by atoms with E-state index >= 15 is 0 Å². The average molecular weight is 358 g/mol. The molecule has 0 saturated heterocycles. The molecule has 0 atom stereocenters. The summed E-state index contributed by atoms with van der Waals surface area (Å²) in [6.07, 6.45) is 3.10. The molecular weight excluding hydrogens is 340 g/mol. The second-order valence-corrected chi connectivity index (χ2v) is 5.86.